The Labute approximate surface area is 115 Å². The first-order valence-corrected chi connectivity index (χ1v) is 6.46. The van der Waals surface area contributed by atoms with Gasteiger partial charge in [-0.25, -0.2) is 0 Å². The second-order valence-corrected chi connectivity index (χ2v) is 4.77. The molecule has 5 heteroatoms. The van der Waals surface area contributed by atoms with Crippen LogP contribution in [0.25, 0.3) is 0 Å². The molecular weight excluding hydrogens is 298 g/mol. The van der Waals surface area contributed by atoms with Gasteiger partial charge in [-0.15, -0.1) is 0 Å². The summed E-state index contributed by atoms with van der Waals surface area (Å²) in [7, 11) is 1.81. The quantitative estimate of drug-likeness (QED) is 0.597. The van der Waals surface area contributed by atoms with Crippen molar-refractivity contribution in [1.82, 2.24) is 0 Å². The summed E-state index contributed by atoms with van der Waals surface area (Å²) in [6, 6.07) is 7.62. The van der Waals surface area contributed by atoms with E-state index in [1.807, 2.05) is 31.3 Å². The van der Waals surface area contributed by atoms with E-state index in [1.165, 1.54) is 0 Å². The van der Waals surface area contributed by atoms with Gasteiger partial charge in [0.05, 0.1) is 13.2 Å². The van der Waals surface area contributed by atoms with Crippen molar-refractivity contribution in [2.45, 2.75) is 13.3 Å². The molecule has 0 atom stereocenters. The van der Waals surface area contributed by atoms with Gasteiger partial charge in [0.2, 0.25) is 0 Å². The Morgan fingerprint density at radius 1 is 1.28 bits per heavy atom. The molecule has 0 spiro atoms. The van der Waals surface area contributed by atoms with E-state index in [-0.39, 0.29) is 18.7 Å². The van der Waals surface area contributed by atoms with Gasteiger partial charge < -0.3 is 9.64 Å². The highest BCUT2D eigenvalue weighted by molar-refractivity contribution is 9.10. The average molecular weight is 314 g/mol. The number of Topliss-reactive ketones (excluding diaryl/α,β-unsaturated/α-hetero) is 1. The first-order chi connectivity index (χ1) is 8.52. The minimum absolute atomic E-state index is 0.154. The second-order valence-electron chi connectivity index (χ2n) is 3.85. The number of rotatable bonds is 6. The van der Waals surface area contributed by atoms with Crippen molar-refractivity contribution >= 4 is 33.4 Å². The third-order valence-corrected chi connectivity index (χ3v) is 2.86. The van der Waals surface area contributed by atoms with Crippen LogP contribution in [0.1, 0.15) is 13.3 Å². The van der Waals surface area contributed by atoms with Crippen LogP contribution in [0.5, 0.6) is 0 Å². The molecule has 1 aromatic carbocycles. The molecule has 0 unspecified atom stereocenters. The van der Waals surface area contributed by atoms with Crippen LogP contribution in [-0.2, 0) is 14.3 Å². The minimum Gasteiger partial charge on any atom is -0.466 e. The molecule has 0 fully saturated rings. The molecule has 0 N–H and O–H groups in total. The highest BCUT2D eigenvalue weighted by Crippen LogP contribution is 2.17. The third kappa shape index (κ3) is 4.87. The largest absolute Gasteiger partial charge is 0.466 e. The number of hydrogen-bond acceptors (Lipinski definition) is 4. The molecule has 0 amide bonds. The number of carbonyl (C=O) groups excluding carboxylic acids is 2. The van der Waals surface area contributed by atoms with Gasteiger partial charge in [-0.3, -0.25) is 9.59 Å². The molecular formula is C13H16BrNO3. The van der Waals surface area contributed by atoms with E-state index < -0.39 is 5.97 Å². The lowest BCUT2D eigenvalue weighted by Gasteiger charge is -2.18. The monoisotopic (exact) mass is 313 g/mol. The van der Waals surface area contributed by atoms with Crippen molar-refractivity contribution in [2.75, 3.05) is 25.1 Å². The molecule has 0 radical (unpaired) electrons. The van der Waals surface area contributed by atoms with E-state index in [4.69, 9.17) is 4.74 Å². The van der Waals surface area contributed by atoms with E-state index in [9.17, 15) is 9.59 Å². The number of carbonyl (C=O) groups is 2. The number of likely N-dealkylation sites (N-methyl/N-ethyl adjacent to an activating group) is 1. The van der Waals surface area contributed by atoms with E-state index in [2.05, 4.69) is 15.9 Å². The predicted molar refractivity (Wildman–Crippen MR) is 73.7 cm³/mol. The van der Waals surface area contributed by atoms with Crippen LogP contribution in [0.4, 0.5) is 5.69 Å². The maximum absolute atomic E-state index is 11.6. The Hall–Kier alpha value is -1.36. The summed E-state index contributed by atoms with van der Waals surface area (Å²) in [5, 5.41) is 0. The summed E-state index contributed by atoms with van der Waals surface area (Å²) in [5.41, 5.74) is 0.926. The van der Waals surface area contributed by atoms with Crippen molar-refractivity contribution in [2.24, 2.45) is 0 Å². The standard InChI is InChI=1S/C13H16BrNO3/c1-3-18-13(17)8-12(16)9-15(2)11-6-4-10(14)5-7-11/h4-7H,3,8-9H2,1-2H3. The number of ketones is 1. The summed E-state index contributed by atoms with van der Waals surface area (Å²) in [4.78, 5) is 24.6. The van der Waals surface area contributed by atoms with Crippen LogP contribution in [0.15, 0.2) is 28.7 Å². The molecule has 1 aromatic rings. The van der Waals surface area contributed by atoms with Crippen molar-refractivity contribution in [3.8, 4) is 0 Å². The lowest BCUT2D eigenvalue weighted by Crippen LogP contribution is -2.27. The zero-order chi connectivity index (χ0) is 13.5. The highest BCUT2D eigenvalue weighted by atomic mass is 79.9. The molecule has 0 saturated carbocycles. The van der Waals surface area contributed by atoms with Gasteiger partial charge in [0.25, 0.3) is 0 Å². The van der Waals surface area contributed by atoms with Gasteiger partial charge in [-0.1, -0.05) is 15.9 Å². The van der Waals surface area contributed by atoms with Crippen LogP contribution < -0.4 is 4.90 Å². The SMILES string of the molecule is CCOC(=O)CC(=O)CN(C)c1ccc(Br)cc1. The van der Waals surface area contributed by atoms with E-state index in [1.54, 1.807) is 11.8 Å². The molecule has 0 aliphatic rings. The molecule has 0 saturated heterocycles. The fourth-order valence-corrected chi connectivity index (χ4v) is 1.74. The summed E-state index contributed by atoms with van der Waals surface area (Å²) in [5.74, 6) is -0.620. The number of benzene rings is 1. The Bertz CT molecular complexity index is 417. The molecule has 18 heavy (non-hydrogen) atoms. The van der Waals surface area contributed by atoms with E-state index in [0.717, 1.165) is 10.2 Å². The van der Waals surface area contributed by atoms with Gasteiger partial charge >= 0.3 is 5.97 Å². The number of esters is 1. The molecule has 1 rings (SSSR count). The zero-order valence-electron chi connectivity index (χ0n) is 10.5. The maximum Gasteiger partial charge on any atom is 0.313 e. The van der Waals surface area contributed by atoms with Gasteiger partial charge in [0.1, 0.15) is 6.42 Å². The van der Waals surface area contributed by atoms with Crippen LogP contribution in [-0.4, -0.2) is 32.0 Å². The van der Waals surface area contributed by atoms with Gasteiger partial charge in [-0.05, 0) is 31.2 Å². The maximum atomic E-state index is 11.6. The van der Waals surface area contributed by atoms with Crippen molar-refractivity contribution < 1.29 is 14.3 Å². The van der Waals surface area contributed by atoms with Crippen LogP contribution >= 0.6 is 15.9 Å². The Morgan fingerprint density at radius 3 is 2.44 bits per heavy atom. The van der Waals surface area contributed by atoms with Gasteiger partial charge in [0.15, 0.2) is 5.78 Å². The fraction of sp³-hybridized carbons (Fsp3) is 0.385. The van der Waals surface area contributed by atoms with Crippen molar-refractivity contribution in [3.05, 3.63) is 28.7 Å². The summed E-state index contributed by atoms with van der Waals surface area (Å²) in [6.45, 7) is 2.21. The van der Waals surface area contributed by atoms with Gasteiger partial charge in [0, 0.05) is 17.2 Å². The van der Waals surface area contributed by atoms with Gasteiger partial charge in [-0.2, -0.15) is 0 Å². The smallest absolute Gasteiger partial charge is 0.313 e. The van der Waals surface area contributed by atoms with Crippen LogP contribution in [0.2, 0.25) is 0 Å². The lowest BCUT2D eigenvalue weighted by atomic mass is 10.2. The second kappa shape index (κ2) is 7.16. The molecule has 0 heterocycles. The lowest BCUT2D eigenvalue weighted by molar-refractivity contribution is -0.145. The van der Waals surface area contributed by atoms with Crippen molar-refractivity contribution in [1.29, 1.82) is 0 Å². The number of anilines is 1. The first kappa shape index (κ1) is 14.7. The number of halogens is 1. The normalized spacial score (nSPS) is 9.94. The third-order valence-electron chi connectivity index (χ3n) is 2.33. The van der Waals surface area contributed by atoms with E-state index >= 15 is 0 Å². The molecule has 0 aliphatic carbocycles. The van der Waals surface area contributed by atoms with Crippen LogP contribution in [0, 0.1) is 0 Å². The molecule has 0 bridgehead atoms. The topological polar surface area (TPSA) is 46.6 Å². The molecule has 0 aromatic heterocycles. The molecule has 0 aliphatic heterocycles. The zero-order valence-corrected chi connectivity index (χ0v) is 12.1. The predicted octanol–water partition coefficient (Wildman–Crippen LogP) is 2.41. The summed E-state index contributed by atoms with van der Waals surface area (Å²) < 4.78 is 5.71. The van der Waals surface area contributed by atoms with Crippen LogP contribution in [0.3, 0.4) is 0 Å². The minimum atomic E-state index is -0.466. The van der Waals surface area contributed by atoms with Crippen molar-refractivity contribution in [3.63, 3.8) is 0 Å². The first-order valence-electron chi connectivity index (χ1n) is 5.67. The highest BCUT2D eigenvalue weighted by Gasteiger charge is 2.12. The molecule has 98 valence electrons. The average Bonchev–Trinajstić information content (AvgIpc) is 2.29. The molecule has 4 nitrogen and oxygen atoms in total. The fourth-order valence-electron chi connectivity index (χ4n) is 1.48. The number of nitrogens with zero attached hydrogens (tertiary/aromatic N) is 1. The number of hydrogen-bond donors (Lipinski definition) is 0. The van der Waals surface area contributed by atoms with E-state index in [0.29, 0.717) is 6.61 Å². The Balaban J connectivity index is 2.49. The summed E-state index contributed by atoms with van der Waals surface area (Å²) >= 11 is 3.35. The Morgan fingerprint density at radius 2 is 1.89 bits per heavy atom. The summed E-state index contributed by atoms with van der Waals surface area (Å²) in [6.07, 6.45) is -0.172. The number of ether oxygens (including phenoxy) is 1. The Kier molecular flexibility index (Phi) is 5.85.